The number of nitrogens with zero attached hydrogens (tertiary/aromatic N) is 8. The number of piperidine rings is 1. The number of nitrogens with one attached hydrogen (secondary N) is 1. The van der Waals surface area contributed by atoms with Crippen LogP contribution in [0, 0.1) is 5.82 Å². The van der Waals surface area contributed by atoms with Gasteiger partial charge in [0.25, 0.3) is 0 Å². The first kappa shape index (κ1) is 26.5. The number of rotatable bonds is 7. The number of aromatic nitrogens is 6. The Morgan fingerprint density at radius 3 is 2.64 bits per heavy atom. The van der Waals surface area contributed by atoms with E-state index in [2.05, 4.69) is 30.2 Å². The van der Waals surface area contributed by atoms with Gasteiger partial charge in [0.15, 0.2) is 17.1 Å². The number of aryl methyl sites for hydroxylation is 1. The predicted molar refractivity (Wildman–Crippen MR) is 155 cm³/mol. The second-order valence-corrected chi connectivity index (χ2v) is 10.8. The van der Waals surface area contributed by atoms with Crippen LogP contribution in [0.2, 0.25) is 0 Å². The standard InChI is InChI=1S/C28H33FN10O3/c1-35-23-25(33-27(30)39-26(23)32-24(34-39)22-3-2-16-41-22)38(28(35)40)15-12-36-10-13-37(14-11-36)21-5-4-19(17-20(21)29)42-18-6-8-31-9-7-18/h2-5,16-18,31H,6-15H2,1H3,(H2,30,33). The minimum atomic E-state index is -0.268. The fraction of sp³-hybridized carbons (Fsp3) is 0.429. The van der Waals surface area contributed by atoms with Crippen molar-refractivity contribution in [3.05, 3.63) is 52.9 Å². The maximum absolute atomic E-state index is 15.1. The topological polar surface area (TPSA) is 137 Å². The molecular weight excluding hydrogens is 543 g/mol. The lowest BCUT2D eigenvalue weighted by Crippen LogP contribution is -2.47. The number of hydrogen-bond acceptors (Lipinski definition) is 10. The number of halogens is 1. The van der Waals surface area contributed by atoms with E-state index in [9.17, 15) is 4.79 Å². The molecule has 0 spiro atoms. The van der Waals surface area contributed by atoms with Crippen molar-refractivity contribution < 1.29 is 13.5 Å². The molecule has 2 saturated heterocycles. The summed E-state index contributed by atoms with van der Waals surface area (Å²) < 4.78 is 31.1. The van der Waals surface area contributed by atoms with E-state index in [-0.39, 0.29) is 23.6 Å². The van der Waals surface area contributed by atoms with Gasteiger partial charge in [-0.05, 0) is 50.2 Å². The number of fused-ring (bicyclic) bond motifs is 3. The SMILES string of the molecule is Cn1c(=O)n(CCN2CCN(c3ccc(OC4CCNCC4)cc3F)CC2)c2nc(N)n3nc(-c4ccco4)nc3c21. The van der Waals surface area contributed by atoms with E-state index < -0.39 is 0 Å². The summed E-state index contributed by atoms with van der Waals surface area (Å²) in [5.41, 5.74) is 8.05. The molecule has 0 bridgehead atoms. The van der Waals surface area contributed by atoms with Crippen LogP contribution in [-0.4, -0.2) is 85.5 Å². The molecule has 3 N–H and O–H groups in total. The number of imidazole rings is 1. The van der Waals surface area contributed by atoms with Crippen LogP contribution in [0.15, 0.2) is 45.8 Å². The van der Waals surface area contributed by atoms with Gasteiger partial charge in [-0.2, -0.15) is 9.50 Å². The van der Waals surface area contributed by atoms with Crippen LogP contribution >= 0.6 is 0 Å². The third-order valence-electron chi connectivity index (χ3n) is 8.18. The number of hydrogen-bond donors (Lipinski definition) is 2. The highest BCUT2D eigenvalue weighted by molar-refractivity contribution is 5.88. The highest BCUT2D eigenvalue weighted by Crippen LogP contribution is 2.27. The Labute approximate surface area is 240 Å². The second kappa shape index (κ2) is 10.8. The van der Waals surface area contributed by atoms with Gasteiger partial charge in [0.05, 0.1) is 12.0 Å². The monoisotopic (exact) mass is 576 g/mol. The van der Waals surface area contributed by atoms with Crippen LogP contribution < -0.4 is 26.4 Å². The summed E-state index contributed by atoms with van der Waals surface area (Å²) in [7, 11) is 1.69. The summed E-state index contributed by atoms with van der Waals surface area (Å²) in [6, 6.07) is 8.69. The summed E-state index contributed by atoms with van der Waals surface area (Å²) in [6.45, 7) is 5.74. The number of nitrogens with two attached hydrogens (primary N) is 1. The summed E-state index contributed by atoms with van der Waals surface area (Å²) >= 11 is 0. The summed E-state index contributed by atoms with van der Waals surface area (Å²) in [5, 5.41) is 7.74. The highest BCUT2D eigenvalue weighted by Gasteiger charge is 2.24. The van der Waals surface area contributed by atoms with Crippen molar-refractivity contribution in [1.82, 2.24) is 38.9 Å². The third-order valence-corrected chi connectivity index (χ3v) is 8.18. The van der Waals surface area contributed by atoms with Gasteiger partial charge in [0.1, 0.15) is 23.2 Å². The van der Waals surface area contributed by atoms with Gasteiger partial charge >= 0.3 is 5.69 Å². The first-order valence-electron chi connectivity index (χ1n) is 14.3. The number of benzene rings is 1. The molecule has 6 heterocycles. The zero-order valence-corrected chi connectivity index (χ0v) is 23.4. The first-order valence-corrected chi connectivity index (χ1v) is 14.3. The quantitative estimate of drug-likeness (QED) is 0.295. The molecule has 220 valence electrons. The van der Waals surface area contributed by atoms with E-state index in [1.54, 1.807) is 30.0 Å². The largest absolute Gasteiger partial charge is 0.490 e. The molecule has 5 aromatic rings. The molecule has 0 radical (unpaired) electrons. The fourth-order valence-electron chi connectivity index (χ4n) is 5.88. The van der Waals surface area contributed by atoms with E-state index >= 15 is 4.39 Å². The molecule has 7 rings (SSSR count). The zero-order chi connectivity index (χ0) is 28.8. The maximum atomic E-state index is 15.1. The first-order chi connectivity index (χ1) is 20.5. The number of anilines is 2. The molecule has 4 aromatic heterocycles. The fourth-order valence-corrected chi connectivity index (χ4v) is 5.88. The Bertz CT molecular complexity index is 1780. The van der Waals surface area contributed by atoms with Crippen molar-refractivity contribution in [1.29, 1.82) is 0 Å². The van der Waals surface area contributed by atoms with Crippen LogP contribution in [0.3, 0.4) is 0 Å². The molecule has 42 heavy (non-hydrogen) atoms. The van der Waals surface area contributed by atoms with Crippen molar-refractivity contribution in [3.63, 3.8) is 0 Å². The smallest absolute Gasteiger partial charge is 0.330 e. The molecule has 0 atom stereocenters. The van der Waals surface area contributed by atoms with Gasteiger partial charge in [-0.1, -0.05) is 0 Å². The molecule has 1 aromatic carbocycles. The molecule has 0 aliphatic carbocycles. The molecule has 2 aliphatic rings. The van der Waals surface area contributed by atoms with Crippen molar-refractivity contribution in [2.24, 2.45) is 7.05 Å². The van der Waals surface area contributed by atoms with Crippen LogP contribution in [0.25, 0.3) is 28.4 Å². The molecule has 13 nitrogen and oxygen atoms in total. The van der Waals surface area contributed by atoms with Gasteiger partial charge in [-0.25, -0.2) is 14.2 Å². The number of piperazine rings is 1. The Balaban J connectivity index is 1.03. The van der Waals surface area contributed by atoms with Gasteiger partial charge in [-0.15, -0.1) is 5.10 Å². The molecule has 14 heteroatoms. The molecule has 2 aliphatic heterocycles. The lowest BCUT2D eigenvalue weighted by Gasteiger charge is -2.36. The Morgan fingerprint density at radius 1 is 1.10 bits per heavy atom. The van der Waals surface area contributed by atoms with Crippen LogP contribution in [0.5, 0.6) is 5.75 Å². The number of furan rings is 1. The summed E-state index contributed by atoms with van der Waals surface area (Å²) in [4.78, 5) is 26.7. The van der Waals surface area contributed by atoms with Crippen LogP contribution in [0.1, 0.15) is 12.8 Å². The molecule has 2 fully saturated rings. The van der Waals surface area contributed by atoms with Crippen molar-refractivity contribution in [2.45, 2.75) is 25.5 Å². The molecule has 0 unspecified atom stereocenters. The van der Waals surface area contributed by atoms with E-state index in [4.69, 9.17) is 14.9 Å². The van der Waals surface area contributed by atoms with Gasteiger partial charge in [0.2, 0.25) is 11.8 Å². The van der Waals surface area contributed by atoms with Crippen molar-refractivity contribution >= 4 is 28.4 Å². The minimum absolute atomic E-state index is 0.127. The predicted octanol–water partition coefficient (Wildman–Crippen LogP) is 1.71. The van der Waals surface area contributed by atoms with Crippen LogP contribution in [0.4, 0.5) is 16.0 Å². The Kier molecular flexibility index (Phi) is 6.78. The number of nitrogen functional groups attached to an aromatic ring is 1. The zero-order valence-electron chi connectivity index (χ0n) is 23.4. The summed E-state index contributed by atoms with van der Waals surface area (Å²) in [5.74, 6) is 1.30. The van der Waals surface area contributed by atoms with Crippen molar-refractivity contribution in [2.75, 3.05) is 56.4 Å². The number of ether oxygens (including phenoxy) is 1. The van der Waals surface area contributed by atoms with Gasteiger partial charge < -0.3 is 25.1 Å². The molecule has 0 saturated carbocycles. The average Bonchev–Trinajstić information content (AvgIpc) is 3.73. The summed E-state index contributed by atoms with van der Waals surface area (Å²) in [6.07, 6.45) is 3.53. The van der Waals surface area contributed by atoms with Crippen molar-refractivity contribution in [3.8, 4) is 17.3 Å². The lowest BCUT2D eigenvalue weighted by atomic mass is 10.1. The normalized spacial score (nSPS) is 17.0. The maximum Gasteiger partial charge on any atom is 0.330 e. The highest BCUT2D eigenvalue weighted by atomic mass is 19.1. The van der Waals surface area contributed by atoms with Crippen LogP contribution in [-0.2, 0) is 13.6 Å². The second-order valence-electron chi connectivity index (χ2n) is 10.8. The van der Waals surface area contributed by atoms with E-state index in [1.165, 1.54) is 15.1 Å². The van der Waals surface area contributed by atoms with E-state index in [0.29, 0.717) is 66.0 Å². The molecule has 0 amide bonds. The van der Waals surface area contributed by atoms with E-state index in [0.717, 1.165) is 39.0 Å². The lowest BCUT2D eigenvalue weighted by molar-refractivity contribution is 0.162. The van der Waals surface area contributed by atoms with E-state index in [1.807, 2.05) is 12.1 Å². The third kappa shape index (κ3) is 4.75. The van der Waals surface area contributed by atoms with Gasteiger partial charge in [-0.3, -0.25) is 14.0 Å². The average molecular weight is 577 g/mol. The Morgan fingerprint density at radius 2 is 1.90 bits per heavy atom. The minimum Gasteiger partial charge on any atom is -0.490 e. The van der Waals surface area contributed by atoms with Gasteiger partial charge in [0, 0.05) is 52.4 Å². The molecular formula is C28H33FN10O3. The Hall–Kier alpha value is -4.43.